The Balaban J connectivity index is 1.57. The third-order valence-electron chi connectivity index (χ3n) is 8.46. The Morgan fingerprint density at radius 3 is 2.07 bits per heavy atom. The highest BCUT2D eigenvalue weighted by atomic mass is 19.3. The van der Waals surface area contributed by atoms with Crippen LogP contribution in [0.15, 0.2) is 24.3 Å². The summed E-state index contributed by atoms with van der Waals surface area (Å²) in [7, 11) is 0. The number of likely N-dealkylation sites (tertiary alicyclic amines) is 2. The number of rotatable bonds is 3. The van der Waals surface area contributed by atoms with E-state index in [2.05, 4.69) is 10.6 Å². The van der Waals surface area contributed by atoms with E-state index in [0.717, 1.165) is 16.0 Å². The van der Waals surface area contributed by atoms with Gasteiger partial charge < -0.3 is 25.3 Å². The van der Waals surface area contributed by atoms with Crippen LogP contribution in [0.5, 0.6) is 0 Å². The number of piperidine rings is 2. The van der Waals surface area contributed by atoms with Crippen LogP contribution < -0.4 is 10.6 Å². The molecular weight excluding hydrogens is 560 g/mol. The van der Waals surface area contributed by atoms with Crippen molar-refractivity contribution in [3.05, 3.63) is 35.4 Å². The Morgan fingerprint density at radius 1 is 0.860 bits per heavy atom. The Kier molecular flexibility index (Phi) is 9.76. The third kappa shape index (κ3) is 8.96. The molecule has 10 nitrogen and oxygen atoms in total. The van der Waals surface area contributed by atoms with Gasteiger partial charge in [-0.1, -0.05) is 45.0 Å². The zero-order valence-electron chi connectivity index (χ0n) is 25.3. The Hall–Kier alpha value is -3.57. The number of hydrogen-bond acceptors (Lipinski definition) is 5. The normalized spacial score (nSPS) is 21.6. The SMILES string of the molecule is CC(C)(C)CC(=O)N1CCC2(CC1)CC(=O)N(CC(=O)N1CCC(F)(F)CC1)CC(=O)NCc1ccccc1CC(=O)N2. The van der Waals surface area contributed by atoms with Crippen molar-refractivity contribution in [3.8, 4) is 0 Å². The molecular formula is C31H43F2N5O5. The lowest BCUT2D eigenvalue weighted by Crippen LogP contribution is -2.59. The van der Waals surface area contributed by atoms with E-state index in [4.69, 9.17) is 0 Å². The van der Waals surface area contributed by atoms with E-state index in [1.807, 2.05) is 45.0 Å². The van der Waals surface area contributed by atoms with E-state index in [1.54, 1.807) is 4.90 Å². The minimum Gasteiger partial charge on any atom is -0.350 e. The number of benzene rings is 1. The second-order valence-corrected chi connectivity index (χ2v) is 13.3. The van der Waals surface area contributed by atoms with E-state index in [0.29, 0.717) is 32.4 Å². The van der Waals surface area contributed by atoms with Gasteiger partial charge >= 0.3 is 0 Å². The molecule has 0 radical (unpaired) electrons. The maximum absolute atomic E-state index is 13.8. The van der Waals surface area contributed by atoms with E-state index < -0.39 is 55.1 Å². The van der Waals surface area contributed by atoms with Gasteiger partial charge in [0, 0.05) is 52.0 Å². The minimum absolute atomic E-state index is 0.00887. The van der Waals surface area contributed by atoms with Gasteiger partial charge in [-0.05, 0) is 29.4 Å². The number of nitrogens with one attached hydrogen (secondary N) is 2. The fraction of sp³-hybridized carbons (Fsp3) is 0.645. The monoisotopic (exact) mass is 603 g/mol. The van der Waals surface area contributed by atoms with Gasteiger partial charge in [-0.25, -0.2) is 8.78 Å². The summed E-state index contributed by atoms with van der Waals surface area (Å²) >= 11 is 0. The first-order valence-electron chi connectivity index (χ1n) is 15.0. The summed E-state index contributed by atoms with van der Waals surface area (Å²) in [6.45, 7) is 5.71. The average molecular weight is 604 g/mol. The highest BCUT2D eigenvalue weighted by Gasteiger charge is 2.42. The van der Waals surface area contributed by atoms with Crippen LogP contribution in [-0.2, 0) is 36.9 Å². The molecule has 1 aromatic carbocycles. The summed E-state index contributed by atoms with van der Waals surface area (Å²) in [5, 5.41) is 5.88. The molecule has 0 atom stereocenters. The molecule has 0 aliphatic carbocycles. The van der Waals surface area contributed by atoms with Crippen LogP contribution in [0.4, 0.5) is 8.78 Å². The molecule has 5 amide bonds. The fourth-order valence-electron chi connectivity index (χ4n) is 5.91. The van der Waals surface area contributed by atoms with E-state index >= 15 is 0 Å². The Bertz CT molecular complexity index is 1230. The highest BCUT2D eigenvalue weighted by Crippen LogP contribution is 2.30. The molecule has 12 heteroatoms. The lowest BCUT2D eigenvalue weighted by molar-refractivity contribution is -0.147. The summed E-state index contributed by atoms with van der Waals surface area (Å²) in [6.07, 6.45) is 0.0129. The summed E-state index contributed by atoms with van der Waals surface area (Å²) in [5.41, 5.74) is 0.325. The molecule has 1 spiro atoms. The van der Waals surface area contributed by atoms with Crippen molar-refractivity contribution in [1.29, 1.82) is 0 Å². The van der Waals surface area contributed by atoms with Crippen molar-refractivity contribution >= 4 is 29.5 Å². The molecule has 3 heterocycles. The Morgan fingerprint density at radius 2 is 1.44 bits per heavy atom. The molecule has 43 heavy (non-hydrogen) atoms. The number of carbonyl (C=O) groups is 5. The van der Waals surface area contributed by atoms with Crippen LogP contribution in [0.2, 0.25) is 0 Å². The predicted octanol–water partition coefficient (Wildman–Crippen LogP) is 2.25. The van der Waals surface area contributed by atoms with E-state index in [9.17, 15) is 32.8 Å². The zero-order chi connectivity index (χ0) is 31.4. The number of halogens is 2. The number of alkyl halides is 2. The molecule has 0 aromatic heterocycles. The second kappa shape index (κ2) is 13.0. The lowest BCUT2D eigenvalue weighted by Gasteiger charge is -2.43. The molecule has 2 fully saturated rings. The first kappa shape index (κ1) is 32.3. The van der Waals surface area contributed by atoms with Crippen LogP contribution in [-0.4, -0.2) is 95.0 Å². The smallest absolute Gasteiger partial charge is 0.251 e. The van der Waals surface area contributed by atoms with Crippen molar-refractivity contribution < 1.29 is 32.8 Å². The molecule has 236 valence electrons. The minimum atomic E-state index is -2.83. The van der Waals surface area contributed by atoms with Gasteiger partial charge in [0.2, 0.25) is 29.5 Å². The number of nitrogens with zero attached hydrogens (tertiary/aromatic N) is 3. The molecule has 2 N–H and O–H groups in total. The maximum atomic E-state index is 13.8. The number of amides is 5. The van der Waals surface area contributed by atoms with Crippen LogP contribution in [0, 0.1) is 5.41 Å². The predicted molar refractivity (Wildman–Crippen MR) is 155 cm³/mol. The second-order valence-electron chi connectivity index (χ2n) is 13.3. The number of carbonyl (C=O) groups excluding carboxylic acids is 5. The summed E-state index contributed by atoms with van der Waals surface area (Å²) in [6, 6.07) is 7.26. The average Bonchev–Trinajstić information content (AvgIpc) is 2.91. The molecule has 3 aliphatic rings. The van der Waals surface area contributed by atoms with E-state index in [-0.39, 0.29) is 49.7 Å². The van der Waals surface area contributed by atoms with Crippen LogP contribution in [0.3, 0.4) is 0 Å². The molecule has 0 unspecified atom stereocenters. The number of hydrogen-bond donors (Lipinski definition) is 2. The quantitative estimate of drug-likeness (QED) is 0.550. The van der Waals surface area contributed by atoms with Crippen LogP contribution >= 0.6 is 0 Å². The van der Waals surface area contributed by atoms with Crippen molar-refractivity contribution in [1.82, 2.24) is 25.3 Å². The van der Waals surface area contributed by atoms with Crippen molar-refractivity contribution in [2.45, 2.75) is 83.7 Å². The highest BCUT2D eigenvalue weighted by molar-refractivity contribution is 5.90. The fourth-order valence-corrected chi connectivity index (χ4v) is 5.91. The van der Waals surface area contributed by atoms with Gasteiger partial charge in [-0.3, -0.25) is 24.0 Å². The van der Waals surface area contributed by atoms with Gasteiger partial charge in [0.25, 0.3) is 5.92 Å². The van der Waals surface area contributed by atoms with Gasteiger partial charge in [0.05, 0.1) is 18.4 Å². The van der Waals surface area contributed by atoms with Gasteiger partial charge in [0.1, 0.15) is 13.1 Å². The maximum Gasteiger partial charge on any atom is 0.251 e. The molecule has 0 saturated carbocycles. The molecule has 3 aliphatic heterocycles. The first-order valence-corrected chi connectivity index (χ1v) is 15.0. The first-order chi connectivity index (χ1) is 20.1. The molecule has 0 bridgehead atoms. The van der Waals surface area contributed by atoms with Gasteiger partial charge in [0.15, 0.2) is 0 Å². The van der Waals surface area contributed by atoms with E-state index in [1.165, 1.54) is 4.90 Å². The summed E-state index contributed by atoms with van der Waals surface area (Å²) in [5.74, 6) is -4.59. The van der Waals surface area contributed by atoms with Gasteiger partial charge in [-0.2, -0.15) is 0 Å². The lowest BCUT2D eigenvalue weighted by atomic mass is 9.82. The topological polar surface area (TPSA) is 119 Å². The zero-order valence-corrected chi connectivity index (χ0v) is 25.3. The summed E-state index contributed by atoms with van der Waals surface area (Å²) < 4.78 is 27.4. The molecule has 2 saturated heterocycles. The van der Waals surface area contributed by atoms with Crippen molar-refractivity contribution in [3.63, 3.8) is 0 Å². The van der Waals surface area contributed by atoms with Gasteiger partial charge in [-0.15, -0.1) is 0 Å². The van der Waals surface area contributed by atoms with Crippen molar-refractivity contribution in [2.75, 3.05) is 39.3 Å². The summed E-state index contributed by atoms with van der Waals surface area (Å²) in [4.78, 5) is 70.4. The number of fused-ring (bicyclic) bond motifs is 1. The van der Waals surface area contributed by atoms with Crippen molar-refractivity contribution in [2.24, 2.45) is 5.41 Å². The largest absolute Gasteiger partial charge is 0.350 e. The van der Waals surface area contributed by atoms with Crippen LogP contribution in [0.1, 0.15) is 70.4 Å². The molecule has 4 rings (SSSR count). The standard InChI is InChI=1S/C31H43F2N5O5/c1-29(2,3)17-26(41)36-12-8-30(9-13-36)18-27(42)38(21-28(43)37-14-10-31(32,33)11-15-37)20-25(40)34-19-23-7-5-4-6-22(23)16-24(39)35-30/h4-7H,8-21H2,1-3H3,(H,34,40)(H,35,39). The Labute approximate surface area is 251 Å². The van der Waals surface area contributed by atoms with Crippen LogP contribution in [0.25, 0.3) is 0 Å². The third-order valence-corrected chi connectivity index (χ3v) is 8.46. The molecule has 1 aromatic rings.